The standard InChI is InChI=1S/C21H23N3O2S/c1-15(27-14-19-6-4-12-26-19)21(25)23-17-8-10-18(11-9-17)24-20-7-3-2-5-16(20)13-22-24/h2-3,5,7-11,13,15,19H,4,6,12,14H2,1H3,(H,23,25). The highest BCUT2D eigenvalue weighted by atomic mass is 32.2. The number of fused-ring (bicyclic) bond motifs is 1. The number of carbonyl (C=O) groups excluding carboxylic acids is 1. The van der Waals surface area contributed by atoms with Gasteiger partial charge in [-0.05, 0) is 50.1 Å². The Hall–Kier alpha value is -2.31. The van der Waals surface area contributed by atoms with Crippen LogP contribution >= 0.6 is 11.8 Å². The lowest BCUT2D eigenvalue weighted by molar-refractivity contribution is -0.115. The van der Waals surface area contributed by atoms with Crippen LogP contribution in [0.4, 0.5) is 5.69 Å². The highest BCUT2D eigenvalue weighted by molar-refractivity contribution is 8.00. The molecule has 1 aliphatic heterocycles. The molecule has 1 aromatic heterocycles. The zero-order valence-corrected chi connectivity index (χ0v) is 16.1. The van der Waals surface area contributed by atoms with Crippen molar-refractivity contribution in [3.8, 4) is 5.69 Å². The summed E-state index contributed by atoms with van der Waals surface area (Å²) in [6.07, 6.45) is 4.39. The molecular formula is C21H23N3O2S. The minimum atomic E-state index is -0.107. The molecule has 4 rings (SSSR count). The highest BCUT2D eigenvalue weighted by Crippen LogP contribution is 2.22. The second-order valence-corrected chi connectivity index (χ2v) is 8.14. The van der Waals surface area contributed by atoms with E-state index in [4.69, 9.17) is 4.74 Å². The number of nitrogens with one attached hydrogen (secondary N) is 1. The molecule has 1 N–H and O–H groups in total. The van der Waals surface area contributed by atoms with Crippen LogP contribution in [0.1, 0.15) is 19.8 Å². The quantitative estimate of drug-likeness (QED) is 0.693. The van der Waals surface area contributed by atoms with E-state index in [0.717, 1.165) is 47.5 Å². The predicted molar refractivity (Wildman–Crippen MR) is 111 cm³/mol. The maximum Gasteiger partial charge on any atom is 0.237 e. The molecule has 5 nitrogen and oxygen atoms in total. The number of anilines is 1. The fourth-order valence-corrected chi connectivity index (χ4v) is 4.19. The molecule has 2 atom stereocenters. The molecular weight excluding hydrogens is 358 g/mol. The van der Waals surface area contributed by atoms with Gasteiger partial charge in [0.15, 0.2) is 0 Å². The van der Waals surface area contributed by atoms with E-state index in [2.05, 4.69) is 10.4 Å². The molecule has 2 unspecified atom stereocenters. The fraction of sp³-hybridized carbons (Fsp3) is 0.333. The molecule has 27 heavy (non-hydrogen) atoms. The summed E-state index contributed by atoms with van der Waals surface area (Å²) in [5.41, 5.74) is 2.83. The van der Waals surface area contributed by atoms with Crippen LogP contribution in [0.15, 0.2) is 54.7 Å². The Labute approximate surface area is 163 Å². The first kappa shape index (κ1) is 18.1. The maximum absolute atomic E-state index is 12.4. The molecule has 0 radical (unpaired) electrons. The molecule has 2 heterocycles. The third kappa shape index (κ3) is 4.17. The molecule has 1 saturated heterocycles. The van der Waals surface area contributed by atoms with Crippen LogP contribution < -0.4 is 5.32 Å². The first-order chi connectivity index (χ1) is 13.2. The summed E-state index contributed by atoms with van der Waals surface area (Å²) in [5, 5.41) is 8.45. The third-order valence-electron chi connectivity index (χ3n) is 4.78. The topological polar surface area (TPSA) is 56.1 Å². The lowest BCUT2D eigenvalue weighted by Crippen LogP contribution is -2.24. The number of aromatic nitrogens is 2. The zero-order valence-electron chi connectivity index (χ0n) is 15.3. The number of hydrogen-bond acceptors (Lipinski definition) is 4. The Morgan fingerprint density at radius 3 is 2.89 bits per heavy atom. The van der Waals surface area contributed by atoms with Crippen molar-refractivity contribution >= 4 is 34.3 Å². The molecule has 0 aliphatic carbocycles. The number of amides is 1. The summed E-state index contributed by atoms with van der Waals surface area (Å²) in [4.78, 5) is 12.4. The van der Waals surface area contributed by atoms with Crippen molar-refractivity contribution in [2.75, 3.05) is 17.7 Å². The second kappa shape index (κ2) is 8.15. The van der Waals surface area contributed by atoms with E-state index in [1.807, 2.05) is 66.3 Å². The third-order valence-corrected chi connectivity index (χ3v) is 6.06. The molecule has 1 aliphatic rings. The summed E-state index contributed by atoms with van der Waals surface area (Å²) < 4.78 is 7.52. The van der Waals surface area contributed by atoms with Gasteiger partial charge in [-0.1, -0.05) is 18.2 Å². The van der Waals surface area contributed by atoms with Crippen molar-refractivity contribution in [2.45, 2.75) is 31.1 Å². The van der Waals surface area contributed by atoms with E-state index in [1.54, 1.807) is 11.8 Å². The van der Waals surface area contributed by atoms with Gasteiger partial charge in [0.25, 0.3) is 0 Å². The van der Waals surface area contributed by atoms with Crippen LogP contribution in [0.3, 0.4) is 0 Å². The number of carbonyl (C=O) groups is 1. The number of nitrogens with zero attached hydrogens (tertiary/aromatic N) is 2. The van der Waals surface area contributed by atoms with Crippen molar-refractivity contribution in [1.29, 1.82) is 0 Å². The number of rotatable bonds is 6. The summed E-state index contributed by atoms with van der Waals surface area (Å²) in [5.74, 6) is 0.898. The number of benzene rings is 2. The van der Waals surface area contributed by atoms with Gasteiger partial charge in [-0.3, -0.25) is 4.79 Å². The summed E-state index contributed by atoms with van der Waals surface area (Å²) in [6.45, 7) is 2.79. The molecule has 0 spiro atoms. The normalized spacial score (nSPS) is 17.9. The van der Waals surface area contributed by atoms with Crippen LogP contribution in [0, 0.1) is 0 Å². The lowest BCUT2D eigenvalue weighted by atomic mass is 10.2. The summed E-state index contributed by atoms with van der Waals surface area (Å²) >= 11 is 1.65. The van der Waals surface area contributed by atoms with E-state index in [-0.39, 0.29) is 11.2 Å². The zero-order chi connectivity index (χ0) is 18.6. The first-order valence-electron chi connectivity index (χ1n) is 9.28. The van der Waals surface area contributed by atoms with Crippen molar-refractivity contribution in [2.24, 2.45) is 0 Å². The molecule has 1 amide bonds. The van der Waals surface area contributed by atoms with Crippen LogP contribution in [0.25, 0.3) is 16.6 Å². The fourth-order valence-electron chi connectivity index (χ4n) is 3.21. The van der Waals surface area contributed by atoms with Crippen LogP contribution in [-0.2, 0) is 9.53 Å². The first-order valence-corrected chi connectivity index (χ1v) is 10.3. The van der Waals surface area contributed by atoms with Gasteiger partial charge in [0.05, 0.1) is 28.8 Å². The Kier molecular flexibility index (Phi) is 5.45. The molecule has 2 aromatic carbocycles. The lowest BCUT2D eigenvalue weighted by Gasteiger charge is -2.15. The number of ether oxygens (including phenoxy) is 1. The largest absolute Gasteiger partial charge is 0.377 e. The van der Waals surface area contributed by atoms with Crippen molar-refractivity contribution < 1.29 is 9.53 Å². The molecule has 3 aromatic rings. The molecule has 0 bridgehead atoms. The van der Waals surface area contributed by atoms with E-state index >= 15 is 0 Å². The molecule has 1 fully saturated rings. The van der Waals surface area contributed by atoms with Crippen LogP contribution in [-0.4, -0.2) is 39.4 Å². The average Bonchev–Trinajstić information content (AvgIpc) is 3.36. The van der Waals surface area contributed by atoms with Crippen LogP contribution in [0.2, 0.25) is 0 Å². The van der Waals surface area contributed by atoms with Gasteiger partial charge in [-0.25, -0.2) is 4.68 Å². The highest BCUT2D eigenvalue weighted by Gasteiger charge is 2.20. The van der Waals surface area contributed by atoms with E-state index in [0.29, 0.717) is 6.10 Å². The summed E-state index contributed by atoms with van der Waals surface area (Å²) in [7, 11) is 0. The van der Waals surface area contributed by atoms with Gasteiger partial charge in [0.2, 0.25) is 5.91 Å². The minimum absolute atomic E-state index is 0.0234. The Morgan fingerprint density at radius 1 is 1.30 bits per heavy atom. The maximum atomic E-state index is 12.4. The van der Waals surface area contributed by atoms with Crippen LogP contribution in [0.5, 0.6) is 0 Å². The predicted octanol–water partition coefficient (Wildman–Crippen LogP) is 4.26. The Balaban J connectivity index is 1.38. The molecule has 0 saturated carbocycles. The summed E-state index contributed by atoms with van der Waals surface area (Å²) in [6, 6.07) is 15.9. The smallest absolute Gasteiger partial charge is 0.237 e. The Bertz CT molecular complexity index is 917. The van der Waals surface area contributed by atoms with Gasteiger partial charge in [-0.15, -0.1) is 11.8 Å². The molecule has 6 heteroatoms. The van der Waals surface area contributed by atoms with Crippen molar-refractivity contribution in [3.05, 3.63) is 54.7 Å². The van der Waals surface area contributed by atoms with Gasteiger partial charge in [-0.2, -0.15) is 5.10 Å². The van der Waals surface area contributed by atoms with Gasteiger partial charge < -0.3 is 10.1 Å². The molecule has 140 valence electrons. The van der Waals surface area contributed by atoms with Gasteiger partial charge >= 0.3 is 0 Å². The SMILES string of the molecule is CC(SCC1CCCO1)C(=O)Nc1ccc(-n2ncc3ccccc32)cc1. The average molecular weight is 382 g/mol. The Morgan fingerprint density at radius 2 is 2.11 bits per heavy atom. The van der Waals surface area contributed by atoms with E-state index in [9.17, 15) is 4.79 Å². The number of para-hydroxylation sites is 1. The minimum Gasteiger partial charge on any atom is -0.377 e. The van der Waals surface area contributed by atoms with E-state index < -0.39 is 0 Å². The van der Waals surface area contributed by atoms with Gasteiger partial charge in [0, 0.05) is 23.4 Å². The monoisotopic (exact) mass is 381 g/mol. The van der Waals surface area contributed by atoms with Crippen molar-refractivity contribution in [3.63, 3.8) is 0 Å². The number of hydrogen-bond donors (Lipinski definition) is 1. The van der Waals surface area contributed by atoms with E-state index in [1.165, 1.54) is 0 Å². The number of thioether (sulfide) groups is 1. The van der Waals surface area contributed by atoms with Gasteiger partial charge in [0.1, 0.15) is 0 Å². The van der Waals surface area contributed by atoms with Crippen molar-refractivity contribution in [1.82, 2.24) is 9.78 Å². The second-order valence-electron chi connectivity index (χ2n) is 6.76.